The Bertz CT molecular complexity index is 890. The average molecular weight is 363 g/mol. The quantitative estimate of drug-likeness (QED) is 0.751. The summed E-state index contributed by atoms with van der Waals surface area (Å²) in [5.41, 5.74) is 3.00. The Hall–Kier alpha value is -2.96. The molecule has 140 valence electrons. The molecule has 0 aliphatic carbocycles. The first-order valence-electron chi connectivity index (χ1n) is 9.51. The number of hydrogen-bond acceptors (Lipinski definition) is 6. The molecule has 1 saturated heterocycles. The topological polar surface area (TPSA) is 71.8 Å². The Morgan fingerprint density at radius 2 is 2.19 bits per heavy atom. The molecular weight excluding hydrogens is 338 g/mol. The molecule has 0 radical (unpaired) electrons. The van der Waals surface area contributed by atoms with Crippen LogP contribution in [0.4, 0.5) is 11.5 Å². The molecule has 1 aliphatic rings. The maximum atomic E-state index is 4.73. The van der Waals surface area contributed by atoms with E-state index in [1.807, 2.05) is 36.1 Å². The van der Waals surface area contributed by atoms with Crippen molar-refractivity contribution in [2.75, 3.05) is 23.3 Å². The van der Waals surface area contributed by atoms with Crippen LogP contribution in [0.3, 0.4) is 0 Å². The van der Waals surface area contributed by atoms with Gasteiger partial charge in [-0.1, -0.05) is 13.0 Å². The Balaban J connectivity index is 1.53. The maximum Gasteiger partial charge on any atom is 0.180 e. The number of hydrogen-bond donors (Lipinski definition) is 1. The number of aryl methyl sites for hydroxylation is 2. The third-order valence-corrected chi connectivity index (χ3v) is 4.87. The van der Waals surface area contributed by atoms with Crippen LogP contribution in [0.25, 0.3) is 11.5 Å². The SMILES string of the molecule is CCc1cc(NC2CCCN(c3cnn(C)c3)C2)nc(-c2ccccn2)n1. The molecule has 1 atom stereocenters. The van der Waals surface area contributed by atoms with Crippen LogP contribution in [0.2, 0.25) is 0 Å². The Morgan fingerprint density at radius 3 is 2.93 bits per heavy atom. The minimum absolute atomic E-state index is 0.343. The number of aromatic nitrogens is 5. The van der Waals surface area contributed by atoms with Crippen molar-refractivity contribution in [2.45, 2.75) is 32.2 Å². The second-order valence-corrected chi connectivity index (χ2v) is 6.94. The predicted octanol–water partition coefficient (Wildman–Crippen LogP) is 2.92. The van der Waals surface area contributed by atoms with Gasteiger partial charge in [-0.25, -0.2) is 9.97 Å². The lowest BCUT2D eigenvalue weighted by atomic mass is 10.1. The summed E-state index contributed by atoms with van der Waals surface area (Å²) in [4.78, 5) is 16.2. The Labute approximate surface area is 159 Å². The molecule has 0 bridgehead atoms. The largest absolute Gasteiger partial charge is 0.367 e. The smallest absolute Gasteiger partial charge is 0.180 e. The van der Waals surface area contributed by atoms with Crippen LogP contribution in [-0.4, -0.2) is 43.9 Å². The number of anilines is 2. The van der Waals surface area contributed by atoms with Gasteiger partial charge in [0.1, 0.15) is 11.5 Å². The van der Waals surface area contributed by atoms with Gasteiger partial charge in [-0.15, -0.1) is 0 Å². The summed E-state index contributed by atoms with van der Waals surface area (Å²) in [6.45, 7) is 4.11. The first-order chi connectivity index (χ1) is 13.2. The molecule has 7 nitrogen and oxygen atoms in total. The van der Waals surface area contributed by atoms with Gasteiger partial charge in [0.2, 0.25) is 0 Å². The zero-order valence-electron chi connectivity index (χ0n) is 15.8. The summed E-state index contributed by atoms with van der Waals surface area (Å²) < 4.78 is 1.85. The predicted molar refractivity (Wildman–Crippen MR) is 107 cm³/mol. The number of nitrogens with zero attached hydrogens (tertiary/aromatic N) is 6. The fraction of sp³-hybridized carbons (Fsp3) is 0.400. The summed E-state index contributed by atoms with van der Waals surface area (Å²) in [7, 11) is 1.95. The second-order valence-electron chi connectivity index (χ2n) is 6.94. The second kappa shape index (κ2) is 7.73. The standard InChI is InChI=1S/C20H25N7/c1-3-15-11-19(25-20(24-15)18-8-4-5-9-21-18)23-16-7-6-10-27(13-16)17-12-22-26(2)14-17/h4-5,8-9,11-12,14,16H,3,6-7,10,13H2,1-2H3,(H,23,24,25). The molecule has 0 saturated carbocycles. The van der Waals surface area contributed by atoms with Crippen LogP contribution in [0.5, 0.6) is 0 Å². The lowest BCUT2D eigenvalue weighted by Gasteiger charge is -2.34. The monoisotopic (exact) mass is 363 g/mol. The average Bonchev–Trinajstić information content (AvgIpc) is 3.15. The van der Waals surface area contributed by atoms with Crippen molar-refractivity contribution in [2.24, 2.45) is 7.05 Å². The van der Waals surface area contributed by atoms with Crippen LogP contribution in [0.15, 0.2) is 42.9 Å². The van der Waals surface area contributed by atoms with Crippen LogP contribution in [0, 0.1) is 0 Å². The van der Waals surface area contributed by atoms with E-state index in [0.717, 1.165) is 49.6 Å². The van der Waals surface area contributed by atoms with Gasteiger partial charge in [0.25, 0.3) is 0 Å². The van der Waals surface area contributed by atoms with Crippen molar-refractivity contribution in [3.8, 4) is 11.5 Å². The highest BCUT2D eigenvalue weighted by atomic mass is 15.3. The zero-order chi connectivity index (χ0) is 18.6. The lowest BCUT2D eigenvalue weighted by Crippen LogP contribution is -2.42. The summed E-state index contributed by atoms with van der Waals surface area (Å²) in [5, 5.41) is 7.92. The molecule has 1 aliphatic heterocycles. The van der Waals surface area contributed by atoms with Crippen molar-refractivity contribution in [1.82, 2.24) is 24.7 Å². The molecule has 0 amide bonds. The van der Waals surface area contributed by atoms with E-state index in [1.54, 1.807) is 6.20 Å². The first kappa shape index (κ1) is 17.5. The summed E-state index contributed by atoms with van der Waals surface area (Å²) >= 11 is 0. The first-order valence-corrected chi connectivity index (χ1v) is 9.51. The molecule has 7 heteroatoms. The van der Waals surface area contributed by atoms with Gasteiger partial charge in [0, 0.05) is 50.3 Å². The van der Waals surface area contributed by atoms with E-state index in [1.165, 1.54) is 5.69 Å². The lowest BCUT2D eigenvalue weighted by molar-refractivity contribution is 0.528. The van der Waals surface area contributed by atoms with Crippen LogP contribution in [-0.2, 0) is 13.5 Å². The van der Waals surface area contributed by atoms with Gasteiger partial charge >= 0.3 is 0 Å². The van der Waals surface area contributed by atoms with Crippen molar-refractivity contribution < 1.29 is 0 Å². The van der Waals surface area contributed by atoms with E-state index in [4.69, 9.17) is 4.98 Å². The highest BCUT2D eigenvalue weighted by molar-refractivity contribution is 5.53. The zero-order valence-corrected chi connectivity index (χ0v) is 15.8. The van der Waals surface area contributed by atoms with E-state index < -0.39 is 0 Å². The van der Waals surface area contributed by atoms with E-state index in [-0.39, 0.29) is 0 Å². The molecule has 1 fully saturated rings. The number of rotatable bonds is 5. The summed E-state index contributed by atoms with van der Waals surface area (Å²) in [6.07, 6.45) is 8.91. The fourth-order valence-corrected chi connectivity index (χ4v) is 3.47. The van der Waals surface area contributed by atoms with E-state index in [2.05, 4.69) is 44.5 Å². The minimum Gasteiger partial charge on any atom is -0.367 e. The number of piperidine rings is 1. The van der Waals surface area contributed by atoms with Crippen molar-refractivity contribution >= 4 is 11.5 Å². The van der Waals surface area contributed by atoms with Gasteiger partial charge in [0.15, 0.2) is 5.82 Å². The maximum absolute atomic E-state index is 4.73. The molecule has 0 aromatic carbocycles. The fourth-order valence-electron chi connectivity index (χ4n) is 3.47. The van der Waals surface area contributed by atoms with Gasteiger partial charge < -0.3 is 10.2 Å². The molecule has 4 heterocycles. The van der Waals surface area contributed by atoms with Gasteiger partial charge in [-0.3, -0.25) is 9.67 Å². The van der Waals surface area contributed by atoms with E-state index in [0.29, 0.717) is 11.9 Å². The minimum atomic E-state index is 0.343. The molecular formula is C20H25N7. The molecule has 3 aromatic heterocycles. The normalized spacial score (nSPS) is 17.1. The highest BCUT2D eigenvalue weighted by Crippen LogP contribution is 2.22. The van der Waals surface area contributed by atoms with Crippen LogP contribution < -0.4 is 10.2 Å². The van der Waals surface area contributed by atoms with Crippen molar-refractivity contribution in [3.63, 3.8) is 0 Å². The third kappa shape index (κ3) is 4.07. The Morgan fingerprint density at radius 1 is 1.26 bits per heavy atom. The molecule has 4 rings (SSSR count). The van der Waals surface area contributed by atoms with E-state index in [9.17, 15) is 0 Å². The molecule has 27 heavy (non-hydrogen) atoms. The van der Waals surface area contributed by atoms with Gasteiger partial charge in [-0.05, 0) is 31.4 Å². The molecule has 3 aromatic rings. The molecule has 0 spiro atoms. The summed E-state index contributed by atoms with van der Waals surface area (Å²) in [6, 6.07) is 8.21. The molecule has 1 unspecified atom stereocenters. The van der Waals surface area contributed by atoms with Crippen LogP contribution >= 0.6 is 0 Å². The van der Waals surface area contributed by atoms with Gasteiger partial charge in [-0.2, -0.15) is 5.10 Å². The van der Waals surface area contributed by atoms with E-state index >= 15 is 0 Å². The number of pyridine rings is 1. The Kier molecular flexibility index (Phi) is 5.00. The number of nitrogens with one attached hydrogen (secondary N) is 1. The third-order valence-electron chi connectivity index (χ3n) is 4.87. The van der Waals surface area contributed by atoms with Crippen molar-refractivity contribution in [1.29, 1.82) is 0 Å². The van der Waals surface area contributed by atoms with Gasteiger partial charge in [0.05, 0.1) is 11.9 Å². The molecule has 1 N–H and O–H groups in total. The highest BCUT2D eigenvalue weighted by Gasteiger charge is 2.21. The summed E-state index contributed by atoms with van der Waals surface area (Å²) in [5.74, 6) is 1.55. The van der Waals surface area contributed by atoms with Crippen LogP contribution in [0.1, 0.15) is 25.5 Å². The van der Waals surface area contributed by atoms with Crippen molar-refractivity contribution in [3.05, 3.63) is 48.5 Å².